The van der Waals surface area contributed by atoms with Crippen LogP contribution in [0.5, 0.6) is 5.75 Å². The second-order valence-electron chi connectivity index (χ2n) is 3.41. The minimum absolute atomic E-state index is 0.00496. The zero-order valence-corrected chi connectivity index (χ0v) is 8.21. The molecule has 1 aliphatic carbocycles. The molecular weight excluding hydrogens is 202 g/mol. The molecule has 1 fully saturated rings. The van der Waals surface area contributed by atoms with Crippen LogP contribution in [0.25, 0.3) is 0 Å². The molecule has 0 radical (unpaired) electrons. The highest BCUT2D eigenvalue weighted by Crippen LogP contribution is 2.24. The van der Waals surface area contributed by atoms with Crippen molar-refractivity contribution in [3.8, 4) is 5.75 Å². The normalized spacial score (nSPS) is 15.2. The maximum atomic E-state index is 11.5. The van der Waals surface area contributed by atoms with Gasteiger partial charge in [0.05, 0.1) is 5.02 Å². The highest BCUT2D eigenvalue weighted by Gasteiger charge is 2.23. The van der Waals surface area contributed by atoms with Crippen LogP contribution >= 0.6 is 11.6 Å². The summed E-state index contributed by atoms with van der Waals surface area (Å²) in [5, 5.41) is 12.2. The van der Waals surface area contributed by atoms with Crippen LogP contribution in [0.4, 0.5) is 0 Å². The first-order chi connectivity index (χ1) is 6.66. The third kappa shape index (κ3) is 1.99. The van der Waals surface area contributed by atoms with E-state index in [2.05, 4.69) is 5.32 Å². The predicted octanol–water partition coefficient (Wildman–Crippen LogP) is 1.94. The largest absolute Gasteiger partial charge is 0.506 e. The fourth-order valence-electron chi connectivity index (χ4n) is 1.14. The summed E-state index contributed by atoms with van der Waals surface area (Å²) < 4.78 is 0. The maximum Gasteiger partial charge on any atom is 0.251 e. The SMILES string of the molecule is O=C(NC1CC1)c1ccc(O)c(Cl)c1. The number of carbonyl (C=O) groups is 1. The number of nitrogens with one attached hydrogen (secondary N) is 1. The molecule has 14 heavy (non-hydrogen) atoms. The van der Waals surface area contributed by atoms with Crippen molar-refractivity contribution in [1.82, 2.24) is 5.32 Å². The molecule has 2 N–H and O–H groups in total. The predicted molar refractivity (Wildman–Crippen MR) is 53.6 cm³/mol. The van der Waals surface area contributed by atoms with E-state index in [1.807, 2.05) is 0 Å². The number of halogens is 1. The first-order valence-corrected chi connectivity index (χ1v) is 4.84. The molecule has 0 heterocycles. The molecule has 0 aliphatic heterocycles. The topological polar surface area (TPSA) is 49.3 Å². The van der Waals surface area contributed by atoms with Gasteiger partial charge in [0, 0.05) is 11.6 Å². The average Bonchev–Trinajstić information content (AvgIpc) is 2.93. The molecule has 0 aromatic heterocycles. The van der Waals surface area contributed by atoms with Gasteiger partial charge in [-0.2, -0.15) is 0 Å². The molecule has 1 amide bonds. The summed E-state index contributed by atoms with van der Waals surface area (Å²) in [4.78, 5) is 11.5. The van der Waals surface area contributed by atoms with Crippen molar-refractivity contribution in [2.75, 3.05) is 0 Å². The van der Waals surface area contributed by atoms with E-state index in [9.17, 15) is 4.79 Å². The number of phenolic OH excluding ortho intramolecular Hbond substituents is 1. The van der Waals surface area contributed by atoms with E-state index in [1.54, 1.807) is 6.07 Å². The third-order valence-corrected chi connectivity index (χ3v) is 2.43. The molecule has 0 bridgehead atoms. The monoisotopic (exact) mass is 211 g/mol. The Morgan fingerprint density at radius 3 is 2.79 bits per heavy atom. The molecule has 1 aromatic carbocycles. The van der Waals surface area contributed by atoms with Crippen molar-refractivity contribution in [2.24, 2.45) is 0 Å². The first-order valence-electron chi connectivity index (χ1n) is 4.46. The standard InChI is InChI=1S/C10H10ClNO2/c11-8-5-6(1-4-9(8)13)10(14)12-7-2-3-7/h1,4-5,7,13H,2-3H2,(H,12,14). The first kappa shape index (κ1) is 9.34. The van der Waals surface area contributed by atoms with E-state index in [0.717, 1.165) is 12.8 Å². The lowest BCUT2D eigenvalue weighted by Gasteiger charge is -2.04. The van der Waals surface area contributed by atoms with Crippen LogP contribution in [0, 0.1) is 0 Å². The van der Waals surface area contributed by atoms with E-state index in [1.165, 1.54) is 12.1 Å². The molecule has 0 saturated heterocycles. The van der Waals surface area contributed by atoms with E-state index >= 15 is 0 Å². The Bertz CT molecular complexity index is 374. The van der Waals surface area contributed by atoms with Crippen molar-refractivity contribution in [2.45, 2.75) is 18.9 Å². The molecule has 2 rings (SSSR count). The summed E-state index contributed by atoms with van der Waals surface area (Å²) in [6.45, 7) is 0. The Morgan fingerprint density at radius 1 is 1.50 bits per heavy atom. The van der Waals surface area contributed by atoms with Crippen LogP contribution in [-0.2, 0) is 0 Å². The quantitative estimate of drug-likeness (QED) is 0.786. The van der Waals surface area contributed by atoms with Crippen LogP contribution in [0.3, 0.4) is 0 Å². The van der Waals surface area contributed by atoms with Crippen molar-refractivity contribution in [1.29, 1.82) is 0 Å². The lowest BCUT2D eigenvalue weighted by atomic mass is 10.2. The van der Waals surface area contributed by atoms with Gasteiger partial charge in [-0.15, -0.1) is 0 Å². The van der Waals surface area contributed by atoms with Crippen molar-refractivity contribution in [3.63, 3.8) is 0 Å². The number of carbonyl (C=O) groups excluding carboxylic acids is 1. The van der Waals surface area contributed by atoms with Gasteiger partial charge in [0.25, 0.3) is 5.91 Å². The van der Waals surface area contributed by atoms with E-state index in [4.69, 9.17) is 16.7 Å². The Labute approximate surface area is 86.7 Å². The fraction of sp³-hybridized carbons (Fsp3) is 0.300. The van der Waals surface area contributed by atoms with E-state index in [-0.39, 0.29) is 16.7 Å². The molecule has 74 valence electrons. The zero-order valence-electron chi connectivity index (χ0n) is 7.46. The Kier molecular flexibility index (Phi) is 2.33. The molecule has 1 aliphatic rings. The van der Waals surface area contributed by atoms with Gasteiger partial charge in [0.1, 0.15) is 5.75 Å². The van der Waals surface area contributed by atoms with Crippen LogP contribution < -0.4 is 5.32 Å². The van der Waals surface area contributed by atoms with Gasteiger partial charge >= 0.3 is 0 Å². The fourth-order valence-corrected chi connectivity index (χ4v) is 1.33. The summed E-state index contributed by atoms with van der Waals surface area (Å²) >= 11 is 5.68. The molecule has 1 saturated carbocycles. The number of hydrogen-bond donors (Lipinski definition) is 2. The van der Waals surface area contributed by atoms with Gasteiger partial charge < -0.3 is 10.4 Å². The van der Waals surface area contributed by atoms with Gasteiger partial charge in [0.2, 0.25) is 0 Å². The van der Waals surface area contributed by atoms with Crippen molar-refractivity contribution < 1.29 is 9.90 Å². The van der Waals surface area contributed by atoms with Gasteiger partial charge in [0.15, 0.2) is 0 Å². The molecular formula is C10H10ClNO2. The van der Waals surface area contributed by atoms with Gasteiger partial charge in [-0.3, -0.25) is 4.79 Å². The lowest BCUT2D eigenvalue weighted by Crippen LogP contribution is -2.25. The molecule has 3 nitrogen and oxygen atoms in total. The van der Waals surface area contributed by atoms with Crippen LogP contribution in [0.1, 0.15) is 23.2 Å². The second-order valence-corrected chi connectivity index (χ2v) is 3.82. The number of aromatic hydroxyl groups is 1. The summed E-state index contributed by atoms with van der Waals surface area (Å²) in [5.74, 6) is -0.135. The number of amides is 1. The van der Waals surface area contributed by atoms with Crippen LogP contribution in [0.2, 0.25) is 5.02 Å². The van der Waals surface area contributed by atoms with E-state index < -0.39 is 0 Å². The molecule has 0 atom stereocenters. The minimum atomic E-state index is -0.130. The summed E-state index contributed by atoms with van der Waals surface area (Å²) in [5.41, 5.74) is 0.486. The minimum Gasteiger partial charge on any atom is -0.506 e. The smallest absolute Gasteiger partial charge is 0.251 e. The van der Waals surface area contributed by atoms with Crippen molar-refractivity contribution >= 4 is 17.5 Å². The average molecular weight is 212 g/mol. The number of rotatable bonds is 2. The molecule has 0 spiro atoms. The third-order valence-electron chi connectivity index (χ3n) is 2.12. The number of hydrogen-bond acceptors (Lipinski definition) is 2. The molecule has 1 aromatic rings. The Balaban J connectivity index is 2.14. The Morgan fingerprint density at radius 2 is 2.21 bits per heavy atom. The summed E-state index contributed by atoms with van der Waals surface area (Å²) in [7, 11) is 0. The lowest BCUT2D eigenvalue weighted by molar-refractivity contribution is 0.0951. The van der Waals surface area contributed by atoms with E-state index in [0.29, 0.717) is 11.6 Å². The maximum absolute atomic E-state index is 11.5. The van der Waals surface area contributed by atoms with Crippen LogP contribution in [0.15, 0.2) is 18.2 Å². The highest BCUT2D eigenvalue weighted by molar-refractivity contribution is 6.32. The zero-order chi connectivity index (χ0) is 10.1. The number of phenols is 1. The van der Waals surface area contributed by atoms with Gasteiger partial charge in [-0.05, 0) is 31.0 Å². The molecule has 0 unspecified atom stereocenters. The molecule has 4 heteroatoms. The van der Waals surface area contributed by atoms with Crippen LogP contribution in [-0.4, -0.2) is 17.1 Å². The Hall–Kier alpha value is -1.22. The van der Waals surface area contributed by atoms with Gasteiger partial charge in [-0.25, -0.2) is 0 Å². The summed E-state index contributed by atoms with van der Waals surface area (Å²) in [6, 6.07) is 4.77. The summed E-state index contributed by atoms with van der Waals surface area (Å²) in [6.07, 6.45) is 2.11. The van der Waals surface area contributed by atoms with Gasteiger partial charge in [-0.1, -0.05) is 11.6 Å². The van der Waals surface area contributed by atoms with Crippen molar-refractivity contribution in [3.05, 3.63) is 28.8 Å². The number of benzene rings is 1. The highest BCUT2D eigenvalue weighted by atomic mass is 35.5. The second kappa shape index (κ2) is 3.50.